The Hall–Kier alpha value is -0.0600. The largest absolute Gasteiger partial charge is 0.278 e. The maximum absolute atomic E-state index is 13.3. The molecule has 2 N–H and O–H groups in total. The van der Waals surface area contributed by atoms with E-state index in [2.05, 4.69) is 15.9 Å². The van der Waals surface area contributed by atoms with Crippen molar-refractivity contribution in [3.05, 3.63) is 34.1 Å². The van der Waals surface area contributed by atoms with Crippen LogP contribution in [0.2, 0.25) is 0 Å². The Morgan fingerprint density at radius 1 is 1.62 bits per heavy atom. The lowest BCUT2D eigenvalue weighted by atomic mass is 10.1. The van der Waals surface area contributed by atoms with Crippen LogP contribution in [0, 0.1) is 5.82 Å². The number of benzene rings is 1. The maximum atomic E-state index is 13.3. The molecule has 4 heteroatoms. The van der Waals surface area contributed by atoms with Gasteiger partial charge >= 0.3 is 0 Å². The van der Waals surface area contributed by atoms with Gasteiger partial charge < -0.3 is 0 Å². The minimum absolute atomic E-state index is 0.171. The van der Waals surface area contributed by atoms with E-state index < -0.39 is 0 Å². The van der Waals surface area contributed by atoms with Crippen molar-refractivity contribution >= 4 is 27.9 Å². The molecule has 1 atom stereocenters. The van der Waals surface area contributed by atoms with Crippen molar-refractivity contribution in [1.29, 1.82) is 0 Å². The number of hydrogen-bond donors (Lipinski definition) is 1. The molecular weight excluding hydrogens is 253 g/mol. The van der Waals surface area contributed by atoms with Gasteiger partial charge in [0.05, 0.1) is 0 Å². The van der Waals surface area contributed by atoms with E-state index in [4.69, 9.17) is 5.14 Å². The molecule has 0 aliphatic rings. The van der Waals surface area contributed by atoms with Crippen molar-refractivity contribution in [2.45, 2.75) is 18.6 Å². The van der Waals surface area contributed by atoms with Crippen LogP contribution in [-0.4, -0.2) is 5.25 Å². The van der Waals surface area contributed by atoms with Crippen LogP contribution in [0.5, 0.6) is 0 Å². The van der Waals surface area contributed by atoms with E-state index in [1.165, 1.54) is 18.0 Å². The Kier molecular flexibility index (Phi) is 4.22. The Labute approximate surface area is 90.2 Å². The molecule has 1 nitrogen and oxygen atoms in total. The fourth-order valence-corrected chi connectivity index (χ4v) is 1.65. The molecule has 0 aliphatic carbocycles. The van der Waals surface area contributed by atoms with Gasteiger partial charge in [-0.15, -0.1) is 0 Å². The molecular formula is C9H11BrFNS. The molecule has 0 saturated heterocycles. The topological polar surface area (TPSA) is 26.0 Å². The molecule has 0 amide bonds. The zero-order valence-electron chi connectivity index (χ0n) is 7.26. The molecule has 0 fully saturated rings. The molecule has 1 unspecified atom stereocenters. The quantitative estimate of drug-likeness (QED) is 0.849. The van der Waals surface area contributed by atoms with Gasteiger partial charge in [-0.1, -0.05) is 40.9 Å². The van der Waals surface area contributed by atoms with Gasteiger partial charge in [0, 0.05) is 9.72 Å². The highest BCUT2D eigenvalue weighted by atomic mass is 79.9. The summed E-state index contributed by atoms with van der Waals surface area (Å²) >= 11 is 4.46. The second kappa shape index (κ2) is 4.98. The molecule has 13 heavy (non-hydrogen) atoms. The standard InChI is InChI=1S/C9H11BrFNS/c1-6(13-12)4-7-2-3-8(10)5-9(7)11/h2-3,5-6H,4,12H2,1H3. The maximum Gasteiger partial charge on any atom is 0.127 e. The SMILES string of the molecule is CC(Cc1ccc(Br)cc1F)SN. The monoisotopic (exact) mass is 263 g/mol. The van der Waals surface area contributed by atoms with Gasteiger partial charge in [-0.3, -0.25) is 5.14 Å². The highest BCUT2D eigenvalue weighted by molar-refractivity contribution is 9.10. The van der Waals surface area contributed by atoms with E-state index in [-0.39, 0.29) is 11.1 Å². The zero-order valence-corrected chi connectivity index (χ0v) is 9.66. The number of hydrogen-bond acceptors (Lipinski definition) is 2. The van der Waals surface area contributed by atoms with Crippen LogP contribution < -0.4 is 5.14 Å². The first-order valence-corrected chi connectivity index (χ1v) is 5.66. The normalized spacial score (nSPS) is 12.9. The average Bonchev–Trinajstić information content (AvgIpc) is 2.09. The highest BCUT2D eigenvalue weighted by Crippen LogP contribution is 2.18. The summed E-state index contributed by atoms with van der Waals surface area (Å²) in [6, 6.07) is 5.10. The van der Waals surface area contributed by atoms with Crippen molar-refractivity contribution in [3.63, 3.8) is 0 Å². The lowest BCUT2D eigenvalue weighted by Crippen LogP contribution is -2.06. The van der Waals surface area contributed by atoms with Crippen molar-refractivity contribution in [2.24, 2.45) is 5.14 Å². The van der Waals surface area contributed by atoms with Gasteiger partial charge in [-0.25, -0.2) is 4.39 Å². The minimum Gasteiger partial charge on any atom is -0.278 e. The van der Waals surface area contributed by atoms with Gasteiger partial charge in [0.25, 0.3) is 0 Å². The van der Waals surface area contributed by atoms with Crippen LogP contribution in [0.3, 0.4) is 0 Å². The van der Waals surface area contributed by atoms with Crippen LogP contribution in [0.25, 0.3) is 0 Å². The van der Waals surface area contributed by atoms with E-state index >= 15 is 0 Å². The third-order valence-electron chi connectivity index (χ3n) is 1.75. The van der Waals surface area contributed by atoms with Gasteiger partial charge in [-0.2, -0.15) is 0 Å². The molecule has 0 aromatic heterocycles. The molecule has 0 spiro atoms. The van der Waals surface area contributed by atoms with Crippen LogP contribution in [-0.2, 0) is 6.42 Å². The summed E-state index contributed by atoms with van der Waals surface area (Å²) in [5.74, 6) is -0.171. The number of nitrogens with two attached hydrogens (primary N) is 1. The Morgan fingerprint density at radius 2 is 2.31 bits per heavy atom. The van der Waals surface area contributed by atoms with E-state index in [0.29, 0.717) is 12.0 Å². The van der Waals surface area contributed by atoms with Gasteiger partial charge in [0.2, 0.25) is 0 Å². The van der Waals surface area contributed by atoms with Crippen LogP contribution >= 0.6 is 27.9 Å². The first kappa shape index (κ1) is 11.0. The average molecular weight is 264 g/mol. The van der Waals surface area contributed by atoms with E-state index in [9.17, 15) is 4.39 Å². The summed E-state index contributed by atoms with van der Waals surface area (Å²) in [6.45, 7) is 1.98. The first-order chi connectivity index (χ1) is 6.13. The summed E-state index contributed by atoms with van der Waals surface area (Å²) in [4.78, 5) is 0. The lowest BCUT2D eigenvalue weighted by molar-refractivity contribution is 0.607. The summed E-state index contributed by atoms with van der Waals surface area (Å²) in [6.07, 6.45) is 0.667. The summed E-state index contributed by atoms with van der Waals surface area (Å²) in [5.41, 5.74) is 0.716. The van der Waals surface area contributed by atoms with Gasteiger partial charge in [-0.05, 0) is 24.1 Å². The predicted molar refractivity (Wildman–Crippen MR) is 59.0 cm³/mol. The van der Waals surface area contributed by atoms with Gasteiger partial charge in [0.15, 0.2) is 0 Å². The van der Waals surface area contributed by atoms with Gasteiger partial charge in [0.1, 0.15) is 5.82 Å². The zero-order chi connectivity index (χ0) is 9.84. The molecule has 1 aromatic rings. The molecule has 1 aromatic carbocycles. The van der Waals surface area contributed by atoms with E-state index in [1.807, 2.05) is 13.0 Å². The molecule has 0 radical (unpaired) electrons. The molecule has 1 rings (SSSR count). The van der Waals surface area contributed by atoms with E-state index in [1.54, 1.807) is 6.07 Å². The molecule has 0 heterocycles. The Bertz CT molecular complexity index is 293. The van der Waals surface area contributed by atoms with Crippen molar-refractivity contribution < 1.29 is 4.39 Å². The second-order valence-corrected chi connectivity index (χ2v) is 4.88. The predicted octanol–water partition coefficient (Wildman–Crippen LogP) is 3.13. The third-order valence-corrected chi connectivity index (χ3v) is 2.88. The summed E-state index contributed by atoms with van der Waals surface area (Å²) in [5, 5.41) is 5.63. The van der Waals surface area contributed by atoms with E-state index in [0.717, 1.165) is 4.47 Å². The number of halogens is 2. The Balaban J connectivity index is 2.77. The fourth-order valence-electron chi connectivity index (χ4n) is 1.05. The lowest BCUT2D eigenvalue weighted by Gasteiger charge is -2.08. The smallest absolute Gasteiger partial charge is 0.127 e. The molecule has 72 valence electrons. The fraction of sp³-hybridized carbons (Fsp3) is 0.333. The Morgan fingerprint density at radius 3 is 2.85 bits per heavy atom. The van der Waals surface area contributed by atoms with Crippen molar-refractivity contribution in [2.75, 3.05) is 0 Å². The summed E-state index contributed by atoms with van der Waals surface area (Å²) < 4.78 is 14.0. The first-order valence-electron chi connectivity index (χ1n) is 3.93. The molecule has 0 bridgehead atoms. The van der Waals surface area contributed by atoms with Crippen LogP contribution in [0.15, 0.2) is 22.7 Å². The highest BCUT2D eigenvalue weighted by Gasteiger charge is 2.07. The second-order valence-electron chi connectivity index (χ2n) is 2.89. The number of rotatable bonds is 3. The van der Waals surface area contributed by atoms with Crippen LogP contribution in [0.4, 0.5) is 4.39 Å². The third kappa shape index (κ3) is 3.29. The van der Waals surface area contributed by atoms with Crippen LogP contribution in [0.1, 0.15) is 12.5 Å². The molecule has 0 aliphatic heterocycles. The minimum atomic E-state index is -0.171. The summed E-state index contributed by atoms with van der Waals surface area (Å²) in [7, 11) is 0. The van der Waals surface area contributed by atoms with Crippen molar-refractivity contribution in [1.82, 2.24) is 0 Å². The van der Waals surface area contributed by atoms with Crippen molar-refractivity contribution in [3.8, 4) is 0 Å². The molecule has 0 saturated carbocycles.